The number of aromatic nitrogens is 2. The van der Waals surface area contributed by atoms with Gasteiger partial charge in [-0.1, -0.05) is 19.1 Å². The number of rotatable bonds is 5. The number of nitrogens with zero attached hydrogens (tertiary/aromatic N) is 3. The van der Waals surface area contributed by atoms with Crippen LogP contribution in [-0.2, 0) is 11.3 Å². The molecule has 1 fully saturated rings. The zero-order valence-electron chi connectivity index (χ0n) is 13.6. The van der Waals surface area contributed by atoms with Crippen LogP contribution in [0.15, 0.2) is 43.0 Å². The van der Waals surface area contributed by atoms with Crippen molar-refractivity contribution in [2.75, 3.05) is 13.1 Å². The third kappa shape index (κ3) is 4.20. The summed E-state index contributed by atoms with van der Waals surface area (Å²) >= 11 is 0. The molecule has 0 spiro atoms. The van der Waals surface area contributed by atoms with Crippen LogP contribution in [0, 0.1) is 0 Å². The lowest BCUT2D eigenvalue weighted by atomic mass is 10.0. The number of nitrogens with one attached hydrogen (secondary N) is 1. The predicted molar refractivity (Wildman–Crippen MR) is 90.3 cm³/mol. The van der Waals surface area contributed by atoms with Gasteiger partial charge in [0.05, 0.1) is 6.33 Å². The maximum Gasteiger partial charge on any atom is 0.219 e. The predicted octanol–water partition coefficient (Wildman–Crippen LogP) is 2.36. The van der Waals surface area contributed by atoms with E-state index in [9.17, 15) is 4.79 Å². The van der Waals surface area contributed by atoms with Crippen molar-refractivity contribution in [1.29, 1.82) is 0 Å². The molecule has 1 amide bonds. The second-order valence-electron chi connectivity index (χ2n) is 6.13. The van der Waals surface area contributed by atoms with Crippen molar-refractivity contribution in [3.8, 4) is 5.69 Å². The van der Waals surface area contributed by atoms with E-state index in [1.54, 1.807) is 12.5 Å². The van der Waals surface area contributed by atoms with Gasteiger partial charge in [0.25, 0.3) is 0 Å². The number of benzene rings is 1. The molecule has 0 aliphatic carbocycles. The van der Waals surface area contributed by atoms with Crippen LogP contribution in [0.4, 0.5) is 0 Å². The Morgan fingerprint density at radius 1 is 1.35 bits per heavy atom. The van der Waals surface area contributed by atoms with E-state index in [-0.39, 0.29) is 5.91 Å². The fraction of sp³-hybridized carbons (Fsp3) is 0.444. The van der Waals surface area contributed by atoms with E-state index in [0.717, 1.165) is 38.2 Å². The minimum atomic E-state index is 0.154. The lowest BCUT2D eigenvalue weighted by Gasteiger charge is -2.33. The average Bonchev–Trinajstić information content (AvgIpc) is 3.10. The van der Waals surface area contributed by atoms with Gasteiger partial charge in [0.15, 0.2) is 0 Å². The largest absolute Gasteiger partial charge is 0.352 e. The Balaban J connectivity index is 1.57. The van der Waals surface area contributed by atoms with E-state index >= 15 is 0 Å². The summed E-state index contributed by atoms with van der Waals surface area (Å²) in [5.74, 6) is 0.154. The Kier molecular flexibility index (Phi) is 5.08. The van der Waals surface area contributed by atoms with Crippen LogP contribution >= 0.6 is 0 Å². The summed E-state index contributed by atoms with van der Waals surface area (Å²) in [4.78, 5) is 18.1. The lowest BCUT2D eigenvalue weighted by Crippen LogP contribution is -2.47. The number of likely N-dealkylation sites (tertiary alicyclic amines) is 1. The lowest BCUT2D eigenvalue weighted by molar-refractivity contribution is -0.121. The SMILES string of the molecule is CCC(=O)N[C@@H]1CCCN(Cc2ccc(-n3ccnc3)cc2)C1. The van der Waals surface area contributed by atoms with Gasteiger partial charge in [-0.15, -0.1) is 0 Å². The van der Waals surface area contributed by atoms with Crippen LogP contribution in [0.5, 0.6) is 0 Å². The van der Waals surface area contributed by atoms with Crippen molar-refractivity contribution < 1.29 is 4.79 Å². The monoisotopic (exact) mass is 312 g/mol. The summed E-state index contributed by atoms with van der Waals surface area (Å²) < 4.78 is 2.00. The molecule has 1 aliphatic rings. The van der Waals surface area contributed by atoms with Crippen LogP contribution in [-0.4, -0.2) is 39.5 Å². The highest BCUT2D eigenvalue weighted by molar-refractivity contribution is 5.75. The highest BCUT2D eigenvalue weighted by atomic mass is 16.1. The number of hydrogen-bond acceptors (Lipinski definition) is 3. The van der Waals surface area contributed by atoms with Gasteiger partial charge >= 0.3 is 0 Å². The zero-order chi connectivity index (χ0) is 16.1. The average molecular weight is 312 g/mol. The van der Waals surface area contributed by atoms with Gasteiger partial charge in [0.1, 0.15) is 0 Å². The van der Waals surface area contributed by atoms with Crippen LogP contribution in [0.2, 0.25) is 0 Å². The first-order valence-corrected chi connectivity index (χ1v) is 8.33. The summed E-state index contributed by atoms with van der Waals surface area (Å²) in [7, 11) is 0. The molecule has 23 heavy (non-hydrogen) atoms. The minimum Gasteiger partial charge on any atom is -0.352 e. The second kappa shape index (κ2) is 7.42. The fourth-order valence-corrected chi connectivity index (χ4v) is 3.09. The molecule has 2 aromatic rings. The normalized spacial score (nSPS) is 18.7. The van der Waals surface area contributed by atoms with E-state index in [2.05, 4.69) is 39.5 Å². The number of amides is 1. The van der Waals surface area contributed by atoms with E-state index in [4.69, 9.17) is 0 Å². The molecule has 0 saturated carbocycles. The molecule has 1 aromatic carbocycles. The van der Waals surface area contributed by atoms with Crippen molar-refractivity contribution in [2.45, 2.75) is 38.8 Å². The highest BCUT2D eigenvalue weighted by Gasteiger charge is 2.20. The van der Waals surface area contributed by atoms with Crippen molar-refractivity contribution in [2.24, 2.45) is 0 Å². The first-order chi connectivity index (χ1) is 11.2. The number of hydrogen-bond donors (Lipinski definition) is 1. The summed E-state index contributed by atoms with van der Waals surface area (Å²) in [5, 5.41) is 3.12. The Morgan fingerprint density at radius 3 is 2.87 bits per heavy atom. The molecule has 2 heterocycles. The molecule has 0 unspecified atom stereocenters. The smallest absolute Gasteiger partial charge is 0.219 e. The zero-order valence-corrected chi connectivity index (χ0v) is 13.6. The number of carbonyl (C=O) groups is 1. The number of piperidine rings is 1. The molecule has 1 N–H and O–H groups in total. The van der Waals surface area contributed by atoms with Crippen molar-refractivity contribution in [1.82, 2.24) is 19.8 Å². The summed E-state index contributed by atoms with van der Waals surface area (Å²) in [6.07, 6.45) is 8.32. The Bertz CT molecular complexity index is 621. The van der Waals surface area contributed by atoms with Crippen LogP contribution in [0.1, 0.15) is 31.7 Å². The Morgan fingerprint density at radius 2 is 2.17 bits per heavy atom. The number of imidazole rings is 1. The molecule has 1 atom stereocenters. The van der Waals surface area contributed by atoms with Gasteiger partial charge in [0.2, 0.25) is 5.91 Å². The topological polar surface area (TPSA) is 50.2 Å². The maximum atomic E-state index is 11.6. The quantitative estimate of drug-likeness (QED) is 0.922. The van der Waals surface area contributed by atoms with E-state index in [1.807, 2.05) is 17.7 Å². The molecule has 1 aliphatic heterocycles. The second-order valence-corrected chi connectivity index (χ2v) is 6.13. The van der Waals surface area contributed by atoms with Crippen LogP contribution in [0.3, 0.4) is 0 Å². The van der Waals surface area contributed by atoms with Crippen molar-refractivity contribution in [3.63, 3.8) is 0 Å². The van der Waals surface area contributed by atoms with Crippen LogP contribution in [0.25, 0.3) is 5.69 Å². The molecular formula is C18H24N4O. The molecular weight excluding hydrogens is 288 g/mol. The molecule has 122 valence electrons. The molecule has 5 nitrogen and oxygen atoms in total. The Labute approximate surface area is 137 Å². The molecule has 5 heteroatoms. The molecule has 0 bridgehead atoms. The molecule has 1 aromatic heterocycles. The van der Waals surface area contributed by atoms with Gasteiger partial charge in [-0.2, -0.15) is 0 Å². The fourth-order valence-electron chi connectivity index (χ4n) is 3.09. The minimum absolute atomic E-state index is 0.154. The first-order valence-electron chi connectivity index (χ1n) is 8.33. The van der Waals surface area contributed by atoms with Gasteiger partial charge in [-0.3, -0.25) is 9.69 Å². The summed E-state index contributed by atoms with van der Waals surface area (Å²) in [6, 6.07) is 8.88. The standard InChI is InChI=1S/C18H24N4O/c1-2-18(23)20-16-4-3-10-21(13-16)12-15-5-7-17(8-6-15)22-11-9-19-14-22/h5-9,11,14,16H,2-4,10,12-13H2,1H3,(H,20,23)/t16-/m1/s1. The summed E-state index contributed by atoms with van der Waals surface area (Å²) in [5.41, 5.74) is 2.43. The molecule has 0 radical (unpaired) electrons. The van der Waals surface area contributed by atoms with Gasteiger partial charge in [-0.25, -0.2) is 4.98 Å². The first kappa shape index (κ1) is 15.7. The molecule has 3 rings (SSSR count). The van der Waals surface area contributed by atoms with Crippen LogP contribution < -0.4 is 5.32 Å². The van der Waals surface area contributed by atoms with Crippen molar-refractivity contribution in [3.05, 3.63) is 48.5 Å². The van der Waals surface area contributed by atoms with Gasteiger partial charge in [0, 0.05) is 43.6 Å². The van der Waals surface area contributed by atoms with Gasteiger partial charge in [-0.05, 0) is 37.1 Å². The Hall–Kier alpha value is -2.14. The van der Waals surface area contributed by atoms with E-state index in [0.29, 0.717) is 12.5 Å². The van der Waals surface area contributed by atoms with Gasteiger partial charge < -0.3 is 9.88 Å². The highest BCUT2D eigenvalue weighted by Crippen LogP contribution is 2.15. The third-order valence-corrected chi connectivity index (χ3v) is 4.34. The molecule has 1 saturated heterocycles. The summed E-state index contributed by atoms with van der Waals surface area (Å²) in [6.45, 7) is 4.87. The third-order valence-electron chi connectivity index (χ3n) is 4.34. The maximum absolute atomic E-state index is 11.6. The number of carbonyl (C=O) groups excluding carboxylic acids is 1. The van der Waals surface area contributed by atoms with Crippen molar-refractivity contribution >= 4 is 5.91 Å². The van der Waals surface area contributed by atoms with E-state index in [1.165, 1.54) is 5.56 Å². The van der Waals surface area contributed by atoms with E-state index < -0.39 is 0 Å².